The largest absolute Gasteiger partial charge is 0.493 e. The number of nitrogens with one attached hydrogen (secondary N) is 2. The lowest BCUT2D eigenvalue weighted by molar-refractivity contribution is -0.126. The van der Waals surface area contributed by atoms with Gasteiger partial charge in [0, 0.05) is 35.1 Å². The van der Waals surface area contributed by atoms with Crippen LogP contribution >= 0.6 is 0 Å². The van der Waals surface area contributed by atoms with E-state index in [9.17, 15) is 4.79 Å². The molecule has 34 heavy (non-hydrogen) atoms. The van der Waals surface area contributed by atoms with E-state index < -0.39 is 0 Å². The maximum Gasteiger partial charge on any atom is 0.226 e. The number of aromatic nitrogens is 1. The van der Waals surface area contributed by atoms with E-state index in [0.717, 1.165) is 33.3 Å². The van der Waals surface area contributed by atoms with Crippen molar-refractivity contribution in [1.82, 2.24) is 10.3 Å². The van der Waals surface area contributed by atoms with Gasteiger partial charge in [0.15, 0.2) is 11.5 Å². The Morgan fingerprint density at radius 1 is 1.03 bits per heavy atom. The third-order valence-corrected chi connectivity index (χ3v) is 6.54. The van der Waals surface area contributed by atoms with Crippen LogP contribution < -0.4 is 19.5 Å². The molecule has 6 heteroatoms. The van der Waals surface area contributed by atoms with Crippen LogP contribution in [-0.4, -0.2) is 38.3 Å². The Labute approximate surface area is 198 Å². The first-order chi connectivity index (χ1) is 16.7. The highest BCUT2D eigenvalue weighted by Gasteiger charge is 2.28. The maximum absolute atomic E-state index is 13.2. The molecule has 1 aromatic heterocycles. The smallest absolute Gasteiger partial charge is 0.226 e. The van der Waals surface area contributed by atoms with Crippen LogP contribution in [0.1, 0.15) is 22.6 Å². The topological polar surface area (TPSA) is 72.6 Å². The Hall–Kier alpha value is -3.93. The van der Waals surface area contributed by atoms with Gasteiger partial charge >= 0.3 is 0 Å². The summed E-state index contributed by atoms with van der Waals surface area (Å²) in [5, 5.41) is 4.31. The third kappa shape index (κ3) is 4.07. The van der Waals surface area contributed by atoms with Crippen LogP contribution in [-0.2, 0) is 11.2 Å². The van der Waals surface area contributed by atoms with Gasteiger partial charge in [-0.1, -0.05) is 48.5 Å². The van der Waals surface area contributed by atoms with Crippen molar-refractivity contribution in [2.45, 2.75) is 12.3 Å². The summed E-state index contributed by atoms with van der Waals surface area (Å²) < 4.78 is 17.1. The Morgan fingerprint density at radius 2 is 1.85 bits per heavy atom. The summed E-state index contributed by atoms with van der Waals surface area (Å²) in [6.07, 6.45) is 2.68. The number of fused-ring (bicyclic) bond motifs is 2. The van der Waals surface area contributed by atoms with Crippen LogP contribution in [0.2, 0.25) is 0 Å². The fourth-order valence-corrected chi connectivity index (χ4v) is 4.80. The number of carbonyl (C=O) groups is 1. The zero-order valence-corrected chi connectivity index (χ0v) is 19.3. The van der Waals surface area contributed by atoms with E-state index in [1.165, 1.54) is 0 Å². The van der Waals surface area contributed by atoms with Gasteiger partial charge in [0.2, 0.25) is 5.91 Å². The minimum atomic E-state index is -0.231. The summed E-state index contributed by atoms with van der Waals surface area (Å²) in [6.45, 7) is 0.797. The molecule has 5 rings (SSSR count). The monoisotopic (exact) mass is 456 g/mol. The highest BCUT2D eigenvalue weighted by molar-refractivity contribution is 5.85. The van der Waals surface area contributed by atoms with E-state index in [0.29, 0.717) is 31.1 Å². The number of hydrogen-bond acceptors (Lipinski definition) is 4. The van der Waals surface area contributed by atoms with Gasteiger partial charge in [0.25, 0.3) is 0 Å². The van der Waals surface area contributed by atoms with Crippen molar-refractivity contribution in [2.75, 3.05) is 27.4 Å². The fraction of sp³-hybridized carbons (Fsp3) is 0.250. The molecule has 0 saturated carbocycles. The van der Waals surface area contributed by atoms with Crippen LogP contribution in [0.5, 0.6) is 17.2 Å². The van der Waals surface area contributed by atoms with E-state index in [4.69, 9.17) is 14.2 Å². The third-order valence-electron chi connectivity index (χ3n) is 6.54. The van der Waals surface area contributed by atoms with E-state index in [1.54, 1.807) is 14.2 Å². The van der Waals surface area contributed by atoms with Crippen LogP contribution in [0, 0.1) is 5.92 Å². The molecule has 3 aromatic carbocycles. The van der Waals surface area contributed by atoms with Crippen molar-refractivity contribution in [1.29, 1.82) is 0 Å². The van der Waals surface area contributed by atoms with Crippen molar-refractivity contribution in [3.05, 3.63) is 89.6 Å². The van der Waals surface area contributed by atoms with E-state index in [-0.39, 0.29) is 17.7 Å². The number of rotatable bonds is 7. The van der Waals surface area contributed by atoms with Gasteiger partial charge in [-0.2, -0.15) is 0 Å². The number of methoxy groups -OCH3 is 2. The first-order valence-corrected chi connectivity index (χ1v) is 11.4. The molecule has 2 atom stereocenters. The second kappa shape index (κ2) is 9.51. The Balaban J connectivity index is 1.45. The number of carbonyl (C=O) groups excluding carboxylic acids is 1. The highest BCUT2D eigenvalue weighted by Crippen LogP contribution is 2.40. The van der Waals surface area contributed by atoms with Gasteiger partial charge in [0.1, 0.15) is 12.4 Å². The second-order valence-corrected chi connectivity index (χ2v) is 8.49. The van der Waals surface area contributed by atoms with E-state index in [2.05, 4.69) is 16.4 Å². The van der Waals surface area contributed by atoms with Crippen molar-refractivity contribution in [3.8, 4) is 17.2 Å². The molecule has 2 heterocycles. The minimum absolute atomic E-state index is 0.0128. The number of amides is 1. The van der Waals surface area contributed by atoms with Crippen molar-refractivity contribution >= 4 is 16.8 Å². The highest BCUT2D eigenvalue weighted by atomic mass is 16.5. The molecule has 0 spiro atoms. The van der Waals surface area contributed by atoms with Crippen molar-refractivity contribution in [3.63, 3.8) is 0 Å². The molecule has 0 bridgehead atoms. The van der Waals surface area contributed by atoms with Gasteiger partial charge in [-0.25, -0.2) is 0 Å². The summed E-state index contributed by atoms with van der Waals surface area (Å²) in [6, 6.07) is 21.9. The molecule has 0 saturated heterocycles. The Morgan fingerprint density at radius 3 is 2.71 bits per heavy atom. The zero-order valence-electron chi connectivity index (χ0n) is 19.3. The fourth-order valence-electron chi connectivity index (χ4n) is 4.80. The first-order valence-electron chi connectivity index (χ1n) is 11.4. The number of para-hydroxylation sites is 3. The lowest BCUT2D eigenvalue weighted by Gasteiger charge is -2.26. The van der Waals surface area contributed by atoms with Crippen molar-refractivity contribution in [2.24, 2.45) is 5.92 Å². The Kier molecular flexibility index (Phi) is 6.12. The average molecular weight is 457 g/mol. The van der Waals surface area contributed by atoms with Gasteiger partial charge in [-0.15, -0.1) is 0 Å². The van der Waals surface area contributed by atoms with E-state index >= 15 is 0 Å². The minimum Gasteiger partial charge on any atom is -0.493 e. The zero-order chi connectivity index (χ0) is 23.5. The lowest BCUT2D eigenvalue weighted by Crippen LogP contribution is -2.39. The normalized spacial score (nSPS) is 15.8. The van der Waals surface area contributed by atoms with Gasteiger partial charge in [-0.3, -0.25) is 4.79 Å². The van der Waals surface area contributed by atoms with Gasteiger partial charge in [0.05, 0.1) is 20.1 Å². The molecule has 6 nitrogen and oxygen atoms in total. The molecule has 0 radical (unpaired) electrons. The second-order valence-electron chi connectivity index (χ2n) is 8.49. The van der Waals surface area contributed by atoms with Gasteiger partial charge < -0.3 is 24.5 Å². The van der Waals surface area contributed by atoms with Crippen LogP contribution in [0.25, 0.3) is 10.9 Å². The van der Waals surface area contributed by atoms with Crippen LogP contribution in [0.15, 0.2) is 72.9 Å². The molecule has 4 aromatic rings. The maximum atomic E-state index is 13.2. The average Bonchev–Trinajstić information content (AvgIpc) is 3.32. The van der Waals surface area contributed by atoms with Crippen LogP contribution in [0.4, 0.5) is 0 Å². The summed E-state index contributed by atoms with van der Waals surface area (Å²) in [4.78, 5) is 16.6. The predicted octanol–water partition coefficient (Wildman–Crippen LogP) is 4.68. The molecule has 0 aliphatic carbocycles. The number of hydrogen-bond donors (Lipinski definition) is 2. The SMILES string of the molecule is COc1cccc(C(CNC(=O)C2COc3ccccc3C2)c2c[nH]c3ccccc23)c1OC. The summed E-state index contributed by atoms with van der Waals surface area (Å²) in [7, 11) is 3.27. The van der Waals surface area contributed by atoms with Crippen LogP contribution in [0.3, 0.4) is 0 Å². The number of aromatic amines is 1. The van der Waals surface area contributed by atoms with Crippen molar-refractivity contribution < 1.29 is 19.0 Å². The molecule has 0 fully saturated rings. The lowest BCUT2D eigenvalue weighted by atomic mass is 9.89. The molecule has 1 aliphatic heterocycles. The number of benzene rings is 3. The molecule has 2 unspecified atom stereocenters. The first kappa shape index (κ1) is 21.9. The summed E-state index contributed by atoms with van der Waals surface area (Å²) in [5.41, 5.74) is 4.16. The molecule has 2 N–H and O–H groups in total. The summed E-state index contributed by atoms with van der Waals surface area (Å²) >= 11 is 0. The number of ether oxygens (including phenoxy) is 3. The summed E-state index contributed by atoms with van der Waals surface area (Å²) in [5.74, 6) is 1.82. The molecule has 1 aliphatic rings. The molecule has 174 valence electrons. The van der Waals surface area contributed by atoms with E-state index in [1.807, 2.05) is 66.9 Å². The quantitative estimate of drug-likeness (QED) is 0.423. The predicted molar refractivity (Wildman–Crippen MR) is 132 cm³/mol. The molecule has 1 amide bonds. The number of H-pyrrole nitrogens is 1. The Bertz CT molecular complexity index is 1310. The van der Waals surface area contributed by atoms with Gasteiger partial charge in [-0.05, 0) is 35.7 Å². The molecular weight excluding hydrogens is 428 g/mol. The standard InChI is InChI=1S/C28H28N2O4/c1-32-26-13-7-10-21(27(26)33-2)23(22-15-29-24-11-5-4-9-20(22)24)16-30-28(31)19-14-18-8-3-6-12-25(18)34-17-19/h3-13,15,19,23,29H,14,16-17H2,1-2H3,(H,30,31). The molecular formula is C28H28N2O4.